The second-order valence-electron chi connectivity index (χ2n) is 5.97. The summed E-state index contributed by atoms with van der Waals surface area (Å²) in [5.74, 6) is 1.62. The molecule has 0 unspecified atom stereocenters. The Morgan fingerprint density at radius 2 is 1.70 bits per heavy atom. The fourth-order valence-electron chi connectivity index (χ4n) is 3.25. The van der Waals surface area contributed by atoms with Gasteiger partial charge in [0.2, 0.25) is 6.79 Å². The monoisotopic (exact) mass is 309 g/mol. The van der Waals surface area contributed by atoms with Crippen LogP contribution in [0.25, 0.3) is 11.1 Å². The highest BCUT2D eigenvalue weighted by Crippen LogP contribution is 2.37. The van der Waals surface area contributed by atoms with Crippen LogP contribution in [0.1, 0.15) is 29.6 Å². The van der Waals surface area contributed by atoms with Crippen molar-refractivity contribution in [1.29, 1.82) is 0 Å². The lowest BCUT2D eigenvalue weighted by Gasteiger charge is -2.27. The van der Waals surface area contributed by atoms with E-state index in [4.69, 9.17) is 9.47 Å². The summed E-state index contributed by atoms with van der Waals surface area (Å²) in [7, 11) is 0. The number of likely N-dealkylation sites (tertiary alicyclic amines) is 1. The fourth-order valence-corrected chi connectivity index (χ4v) is 3.25. The highest BCUT2D eigenvalue weighted by molar-refractivity contribution is 6.01. The van der Waals surface area contributed by atoms with E-state index in [1.807, 2.05) is 47.4 Å². The standard InChI is InChI=1S/C19H19NO3/c21-19(20-10-4-1-5-11-20)16-7-3-2-6-15(16)14-8-9-17-18(12-14)23-13-22-17/h2-3,6-9,12H,1,4-5,10-11,13H2. The van der Waals surface area contributed by atoms with Crippen LogP contribution in [-0.2, 0) is 0 Å². The zero-order chi connectivity index (χ0) is 15.6. The number of ether oxygens (including phenoxy) is 2. The Balaban J connectivity index is 1.70. The second-order valence-corrected chi connectivity index (χ2v) is 5.97. The predicted molar refractivity (Wildman–Crippen MR) is 87.8 cm³/mol. The van der Waals surface area contributed by atoms with Gasteiger partial charge in [0, 0.05) is 18.7 Å². The summed E-state index contributed by atoms with van der Waals surface area (Å²) in [5.41, 5.74) is 2.69. The summed E-state index contributed by atoms with van der Waals surface area (Å²) in [6.07, 6.45) is 3.41. The Labute approximate surface area is 135 Å². The third kappa shape index (κ3) is 2.65. The molecule has 1 amide bonds. The number of benzene rings is 2. The number of fused-ring (bicyclic) bond motifs is 1. The molecule has 0 saturated carbocycles. The lowest BCUT2D eigenvalue weighted by Crippen LogP contribution is -2.35. The summed E-state index contributed by atoms with van der Waals surface area (Å²) in [6.45, 7) is 1.97. The number of rotatable bonds is 2. The maximum atomic E-state index is 12.9. The van der Waals surface area contributed by atoms with Gasteiger partial charge in [-0.05, 0) is 48.6 Å². The molecule has 4 rings (SSSR count). The van der Waals surface area contributed by atoms with E-state index in [1.54, 1.807) is 0 Å². The van der Waals surface area contributed by atoms with Gasteiger partial charge in [-0.2, -0.15) is 0 Å². The van der Waals surface area contributed by atoms with Gasteiger partial charge in [-0.1, -0.05) is 24.3 Å². The molecule has 1 saturated heterocycles. The van der Waals surface area contributed by atoms with E-state index >= 15 is 0 Å². The van der Waals surface area contributed by atoms with Gasteiger partial charge in [0.25, 0.3) is 5.91 Å². The molecule has 23 heavy (non-hydrogen) atoms. The highest BCUT2D eigenvalue weighted by atomic mass is 16.7. The summed E-state index contributed by atoms with van der Waals surface area (Å²) in [6, 6.07) is 13.6. The first-order valence-electron chi connectivity index (χ1n) is 8.11. The topological polar surface area (TPSA) is 38.8 Å². The molecule has 0 bridgehead atoms. The van der Waals surface area contributed by atoms with Crippen LogP contribution < -0.4 is 9.47 Å². The first kappa shape index (κ1) is 14.1. The average molecular weight is 309 g/mol. The van der Waals surface area contributed by atoms with Gasteiger partial charge in [-0.3, -0.25) is 4.79 Å². The van der Waals surface area contributed by atoms with E-state index in [0.717, 1.165) is 54.1 Å². The Morgan fingerprint density at radius 3 is 2.57 bits per heavy atom. The molecule has 0 radical (unpaired) electrons. The van der Waals surface area contributed by atoms with E-state index in [-0.39, 0.29) is 12.7 Å². The number of hydrogen-bond donors (Lipinski definition) is 0. The van der Waals surface area contributed by atoms with Crippen molar-refractivity contribution in [2.45, 2.75) is 19.3 Å². The number of carbonyl (C=O) groups excluding carboxylic acids is 1. The minimum absolute atomic E-state index is 0.123. The van der Waals surface area contributed by atoms with Crippen molar-refractivity contribution < 1.29 is 14.3 Å². The quantitative estimate of drug-likeness (QED) is 0.849. The maximum absolute atomic E-state index is 12.9. The molecule has 2 heterocycles. The lowest BCUT2D eigenvalue weighted by atomic mass is 9.97. The first-order valence-corrected chi connectivity index (χ1v) is 8.11. The molecular weight excluding hydrogens is 290 g/mol. The van der Waals surface area contributed by atoms with E-state index in [2.05, 4.69) is 0 Å². The predicted octanol–water partition coefficient (Wildman–Crippen LogP) is 3.71. The molecular formula is C19H19NO3. The van der Waals surface area contributed by atoms with Gasteiger partial charge < -0.3 is 14.4 Å². The van der Waals surface area contributed by atoms with Crippen molar-refractivity contribution in [2.75, 3.05) is 19.9 Å². The molecule has 2 aromatic carbocycles. The number of carbonyl (C=O) groups is 1. The van der Waals surface area contributed by atoms with Crippen molar-refractivity contribution in [3.63, 3.8) is 0 Å². The smallest absolute Gasteiger partial charge is 0.254 e. The Bertz CT molecular complexity index is 735. The third-order valence-electron chi connectivity index (χ3n) is 4.48. The minimum atomic E-state index is 0.123. The van der Waals surface area contributed by atoms with E-state index in [1.165, 1.54) is 6.42 Å². The lowest BCUT2D eigenvalue weighted by molar-refractivity contribution is 0.0725. The van der Waals surface area contributed by atoms with Crippen molar-refractivity contribution >= 4 is 5.91 Å². The number of nitrogens with zero attached hydrogens (tertiary/aromatic N) is 1. The summed E-state index contributed by atoms with van der Waals surface area (Å²) < 4.78 is 10.8. The van der Waals surface area contributed by atoms with Crippen LogP contribution >= 0.6 is 0 Å². The van der Waals surface area contributed by atoms with Crippen LogP contribution in [0.15, 0.2) is 42.5 Å². The Hall–Kier alpha value is -2.49. The van der Waals surface area contributed by atoms with Gasteiger partial charge in [0.1, 0.15) is 0 Å². The molecule has 0 atom stereocenters. The van der Waals surface area contributed by atoms with Crippen LogP contribution in [0, 0.1) is 0 Å². The van der Waals surface area contributed by atoms with Crippen molar-refractivity contribution in [3.05, 3.63) is 48.0 Å². The molecule has 4 heteroatoms. The van der Waals surface area contributed by atoms with Crippen LogP contribution in [0.3, 0.4) is 0 Å². The molecule has 2 aromatic rings. The minimum Gasteiger partial charge on any atom is -0.454 e. The van der Waals surface area contributed by atoms with Crippen molar-refractivity contribution in [3.8, 4) is 22.6 Å². The highest BCUT2D eigenvalue weighted by Gasteiger charge is 2.22. The largest absolute Gasteiger partial charge is 0.454 e. The molecule has 1 fully saturated rings. The molecule has 118 valence electrons. The molecule has 2 aliphatic rings. The summed E-state index contributed by atoms with van der Waals surface area (Å²) in [4.78, 5) is 14.9. The molecule has 0 N–H and O–H groups in total. The van der Waals surface area contributed by atoms with Crippen molar-refractivity contribution in [1.82, 2.24) is 4.90 Å². The Morgan fingerprint density at radius 1 is 0.913 bits per heavy atom. The molecule has 4 nitrogen and oxygen atoms in total. The van der Waals surface area contributed by atoms with Gasteiger partial charge in [-0.15, -0.1) is 0 Å². The average Bonchev–Trinajstić information content (AvgIpc) is 3.09. The second kappa shape index (κ2) is 5.95. The van der Waals surface area contributed by atoms with E-state index in [9.17, 15) is 4.79 Å². The van der Waals surface area contributed by atoms with Crippen LogP contribution in [0.5, 0.6) is 11.5 Å². The van der Waals surface area contributed by atoms with E-state index < -0.39 is 0 Å². The third-order valence-corrected chi connectivity index (χ3v) is 4.48. The fraction of sp³-hybridized carbons (Fsp3) is 0.316. The molecule has 0 spiro atoms. The summed E-state index contributed by atoms with van der Waals surface area (Å²) in [5, 5.41) is 0. The SMILES string of the molecule is O=C(c1ccccc1-c1ccc2c(c1)OCO2)N1CCCCC1. The molecule has 0 aromatic heterocycles. The first-order chi connectivity index (χ1) is 11.3. The summed E-state index contributed by atoms with van der Waals surface area (Å²) >= 11 is 0. The molecule has 0 aliphatic carbocycles. The van der Waals surface area contributed by atoms with Gasteiger partial charge in [0.05, 0.1) is 0 Å². The van der Waals surface area contributed by atoms with Gasteiger partial charge >= 0.3 is 0 Å². The van der Waals surface area contributed by atoms with Gasteiger partial charge in [-0.25, -0.2) is 0 Å². The maximum Gasteiger partial charge on any atom is 0.254 e. The van der Waals surface area contributed by atoms with Crippen LogP contribution in [0.4, 0.5) is 0 Å². The van der Waals surface area contributed by atoms with Crippen molar-refractivity contribution in [2.24, 2.45) is 0 Å². The van der Waals surface area contributed by atoms with E-state index in [0.29, 0.717) is 0 Å². The zero-order valence-corrected chi connectivity index (χ0v) is 13.0. The number of hydrogen-bond acceptors (Lipinski definition) is 3. The molecule has 2 aliphatic heterocycles. The van der Waals surface area contributed by atoms with Gasteiger partial charge in [0.15, 0.2) is 11.5 Å². The van der Waals surface area contributed by atoms with Crippen LogP contribution in [0.2, 0.25) is 0 Å². The Kier molecular flexibility index (Phi) is 3.66. The zero-order valence-electron chi connectivity index (χ0n) is 13.0. The number of amides is 1. The number of piperidine rings is 1. The van der Waals surface area contributed by atoms with Crippen LogP contribution in [-0.4, -0.2) is 30.7 Å². The normalized spacial score (nSPS) is 16.4.